The molecular weight excluding hydrogens is 330 g/mol. The first kappa shape index (κ1) is 15.2. The fourth-order valence-corrected chi connectivity index (χ4v) is 2.30. The maximum Gasteiger partial charge on any atom is 0.226 e. The molecule has 0 fully saturated rings. The molecule has 2 rings (SSSR count). The summed E-state index contributed by atoms with van der Waals surface area (Å²) < 4.78 is 0.790. The molecule has 1 unspecified atom stereocenters. The molecule has 5 heteroatoms. The third-order valence-corrected chi connectivity index (χ3v) is 3.50. The zero-order valence-corrected chi connectivity index (χ0v) is 12.8. The Bertz CT molecular complexity index is 680. The largest absolute Gasteiger partial charge is 0.325 e. The van der Waals surface area contributed by atoms with Gasteiger partial charge in [-0.2, -0.15) is 5.26 Å². The number of nitriles is 1. The van der Waals surface area contributed by atoms with E-state index in [1.807, 2.05) is 30.3 Å². The van der Waals surface area contributed by atoms with Crippen molar-refractivity contribution in [2.75, 3.05) is 5.32 Å². The number of benzene rings is 2. The zero-order chi connectivity index (χ0) is 15.2. The van der Waals surface area contributed by atoms with Gasteiger partial charge in [0.2, 0.25) is 5.91 Å². The standard InChI is InChI=1S/C16H14BrN3O/c17-13-6-7-15(12(8-13)10-18)20-16(21)9-14(19)11-4-2-1-3-5-11/h1-8,14H,9,19H2,(H,20,21). The lowest BCUT2D eigenvalue weighted by Crippen LogP contribution is -2.21. The van der Waals surface area contributed by atoms with E-state index < -0.39 is 0 Å². The number of carbonyl (C=O) groups excluding carboxylic acids is 1. The molecule has 0 aromatic heterocycles. The Hall–Kier alpha value is -2.16. The van der Waals surface area contributed by atoms with E-state index in [1.165, 1.54) is 0 Å². The molecule has 1 amide bonds. The van der Waals surface area contributed by atoms with Crippen molar-refractivity contribution in [2.24, 2.45) is 5.73 Å². The van der Waals surface area contributed by atoms with Crippen LogP contribution in [-0.2, 0) is 4.79 Å². The minimum Gasteiger partial charge on any atom is -0.325 e. The van der Waals surface area contributed by atoms with E-state index in [0.29, 0.717) is 11.3 Å². The van der Waals surface area contributed by atoms with Crippen LogP contribution in [0.1, 0.15) is 23.6 Å². The lowest BCUT2D eigenvalue weighted by atomic mass is 10.0. The number of carbonyl (C=O) groups is 1. The van der Waals surface area contributed by atoms with Crippen LogP contribution in [0.15, 0.2) is 53.0 Å². The van der Waals surface area contributed by atoms with E-state index in [4.69, 9.17) is 11.0 Å². The SMILES string of the molecule is N#Cc1cc(Br)ccc1NC(=O)CC(N)c1ccccc1. The van der Waals surface area contributed by atoms with Crippen molar-refractivity contribution in [3.63, 3.8) is 0 Å². The molecule has 0 aliphatic heterocycles. The second kappa shape index (κ2) is 7.02. The van der Waals surface area contributed by atoms with Crippen LogP contribution in [0.25, 0.3) is 0 Å². The van der Waals surface area contributed by atoms with E-state index >= 15 is 0 Å². The highest BCUT2D eigenvalue weighted by molar-refractivity contribution is 9.10. The molecule has 0 radical (unpaired) electrons. The summed E-state index contributed by atoms with van der Waals surface area (Å²) in [6.45, 7) is 0. The van der Waals surface area contributed by atoms with Crippen LogP contribution in [0, 0.1) is 11.3 Å². The van der Waals surface area contributed by atoms with Crippen molar-refractivity contribution < 1.29 is 4.79 Å². The second-order valence-electron chi connectivity index (χ2n) is 4.57. The average molecular weight is 344 g/mol. The number of nitrogens with one attached hydrogen (secondary N) is 1. The van der Waals surface area contributed by atoms with Crippen molar-refractivity contribution in [1.82, 2.24) is 0 Å². The Balaban J connectivity index is 2.04. The molecule has 0 saturated carbocycles. The first-order valence-corrected chi connectivity index (χ1v) is 7.19. The van der Waals surface area contributed by atoms with E-state index in [0.717, 1.165) is 10.0 Å². The Morgan fingerprint density at radius 3 is 2.67 bits per heavy atom. The minimum absolute atomic E-state index is 0.158. The summed E-state index contributed by atoms with van der Waals surface area (Å²) in [5, 5.41) is 11.8. The van der Waals surface area contributed by atoms with Gasteiger partial charge in [-0.25, -0.2) is 0 Å². The van der Waals surface area contributed by atoms with Crippen LogP contribution in [-0.4, -0.2) is 5.91 Å². The summed E-state index contributed by atoms with van der Waals surface area (Å²) in [5.74, 6) is -0.217. The van der Waals surface area contributed by atoms with Gasteiger partial charge in [0.15, 0.2) is 0 Å². The van der Waals surface area contributed by atoms with Gasteiger partial charge in [-0.05, 0) is 23.8 Å². The van der Waals surface area contributed by atoms with Gasteiger partial charge in [0.1, 0.15) is 6.07 Å². The van der Waals surface area contributed by atoms with E-state index in [2.05, 4.69) is 27.3 Å². The Kier molecular flexibility index (Phi) is 5.09. The monoisotopic (exact) mass is 343 g/mol. The molecule has 21 heavy (non-hydrogen) atoms. The smallest absolute Gasteiger partial charge is 0.226 e. The maximum atomic E-state index is 12.0. The Morgan fingerprint density at radius 2 is 2.00 bits per heavy atom. The molecule has 1 atom stereocenters. The number of amides is 1. The molecule has 2 aromatic rings. The molecule has 2 aromatic carbocycles. The maximum absolute atomic E-state index is 12.0. The Morgan fingerprint density at radius 1 is 1.29 bits per heavy atom. The van der Waals surface area contributed by atoms with Crippen molar-refractivity contribution in [2.45, 2.75) is 12.5 Å². The van der Waals surface area contributed by atoms with E-state index in [1.54, 1.807) is 18.2 Å². The van der Waals surface area contributed by atoms with Crippen LogP contribution < -0.4 is 11.1 Å². The van der Waals surface area contributed by atoms with Gasteiger partial charge in [-0.15, -0.1) is 0 Å². The fraction of sp³-hybridized carbons (Fsp3) is 0.125. The summed E-state index contributed by atoms with van der Waals surface area (Å²) in [7, 11) is 0. The highest BCUT2D eigenvalue weighted by Gasteiger charge is 2.13. The van der Waals surface area contributed by atoms with Crippen molar-refractivity contribution in [1.29, 1.82) is 5.26 Å². The van der Waals surface area contributed by atoms with E-state index in [9.17, 15) is 4.79 Å². The van der Waals surface area contributed by atoms with Crippen LogP contribution in [0.2, 0.25) is 0 Å². The molecule has 4 nitrogen and oxygen atoms in total. The predicted octanol–water partition coefficient (Wildman–Crippen LogP) is 3.35. The summed E-state index contributed by atoms with van der Waals surface area (Å²) in [5.41, 5.74) is 7.82. The highest BCUT2D eigenvalue weighted by Crippen LogP contribution is 2.21. The van der Waals surface area contributed by atoms with Gasteiger partial charge in [0.05, 0.1) is 11.3 Å². The van der Waals surface area contributed by atoms with Gasteiger partial charge in [-0.1, -0.05) is 46.3 Å². The van der Waals surface area contributed by atoms with Crippen molar-refractivity contribution >= 4 is 27.5 Å². The third-order valence-electron chi connectivity index (χ3n) is 3.01. The number of nitrogens with two attached hydrogens (primary N) is 1. The number of hydrogen-bond acceptors (Lipinski definition) is 3. The number of nitrogens with zero attached hydrogens (tertiary/aromatic N) is 1. The lowest BCUT2D eigenvalue weighted by molar-refractivity contribution is -0.116. The van der Waals surface area contributed by atoms with Gasteiger partial charge in [0.25, 0.3) is 0 Å². The molecule has 106 valence electrons. The number of anilines is 1. The van der Waals surface area contributed by atoms with Gasteiger partial charge >= 0.3 is 0 Å². The average Bonchev–Trinajstić information content (AvgIpc) is 2.49. The van der Waals surface area contributed by atoms with Crippen LogP contribution in [0.4, 0.5) is 5.69 Å². The van der Waals surface area contributed by atoms with Crippen molar-refractivity contribution in [3.05, 3.63) is 64.1 Å². The summed E-state index contributed by atoms with van der Waals surface area (Å²) in [6.07, 6.45) is 0.158. The fourth-order valence-electron chi connectivity index (χ4n) is 1.94. The quantitative estimate of drug-likeness (QED) is 0.893. The van der Waals surface area contributed by atoms with Crippen LogP contribution in [0.5, 0.6) is 0 Å². The number of hydrogen-bond donors (Lipinski definition) is 2. The Labute approximate surface area is 131 Å². The second-order valence-corrected chi connectivity index (χ2v) is 5.49. The number of rotatable bonds is 4. The molecule has 0 bridgehead atoms. The summed E-state index contributed by atoms with van der Waals surface area (Å²) >= 11 is 3.29. The van der Waals surface area contributed by atoms with Gasteiger partial charge in [-0.3, -0.25) is 4.79 Å². The lowest BCUT2D eigenvalue weighted by Gasteiger charge is -2.12. The molecule has 0 saturated heterocycles. The van der Waals surface area contributed by atoms with Crippen LogP contribution in [0.3, 0.4) is 0 Å². The van der Waals surface area contributed by atoms with Gasteiger partial charge in [0, 0.05) is 16.9 Å². The first-order valence-electron chi connectivity index (χ1n) is 6.40. The minimum atomic E-state index is -0.368. The highest BCUT2D eigenvalue weighted by atomic mass is 79.9. The molecule has 0 aliphatic carbocycles. The summed E-state index contributed by atoms with van der Waals surface area (Å²) in [4.78, 5) is 12.0. The van der Waals surface area contributed by atoms with E-state index in [-0.39, 0.29) is 18.4 Å². The normalized spacial score (nSPS) is 11.5. The van der Waals surface area contributed by atoms with Crippen molar-refractivity contribution in [3.8, 4) is 6.07 Å². The molecule has 3 N–H and O–H groups in total. The molecular formula is C16H14BrN3O. The first-order chi connectivity index (χ1) is 10.1. The van der Waals surface area contributed by atoms with Crippen LogP contribution >= 0.6 is 15.9 Å². The van der Waals surface area contributed by atoms with Gasteiger partial charge < -0.3 is 11.1 Å². The molecule has 0 spiro atoms. The molecule has 0 heterocycles. The topological polar surface area (TPSA) is 78.9 Å². The summed E-state index contributed by atoms with van der Waals surface area (Å²) in [6, 6.07) is 16.2. The zero-order valence-electron chi connectivity index (χ0n) is 11.2. The third kappa shape index (κ3) is 4.15. The predicted molar refractivity (Wildman–Crippen MR) is 85.5 cm³/mol. The number of halogens is 1. The molecule has 0 aliphatic rings.